The molecule has 0 spiro atoms. The Labute approximate surface area is 152 Å². The molecule has 0 unspecified atom stereocenters. The van der Waals surface area contributed by atoms with E-state index in [2.05, 4.69) is 32.4 Å². The SMILES string of the molecule is COc1cccc(C#CC(=O)NC2CCN(c3nc(C)cs3)CC2)c1. The Morgan fingerprint density at radius 1 is 1.40 bits per heavy atom. The minimum absolute atomic E-state index is 0.171. The van der Waals surface area contributed by atoms with E-state index in [0.717, 1.165) is 48.1 Å². The van der Waals surface area contributed by atoms with Crippen LogP contribution in [0.3, 0.4) is 0 Å². The van der Waals surface area contributed by atoms with E-state index in [0.29, 0.717) is 0 Å². The summed E-state index contributed by atoms with van der Waals surface area (Å²) in [7, 11) is 1.61. The van der Waals surface area contributed by atoms with E-state index in [9.17, 15) is 4.79 Å². The summed E-state index contributed by atoms with van der Waals surface area (Å²) in [6, 6.07) is 7.55. The highest BCUT2D eigenvalue weighted by Gasteiger charge is 2.21. The second kappa shape index (κ2) is 8.04. The van der Waals surface area contributed by atoms with Gasteiger partial charge in [-0.1, -0.05) is 12.0 Å². The number of hydrogen-bond acceptors (Lipinski definition) is 5. The van der Waals surface area contributed by atoms with Crippen molar-refractivity contribution in [3.63, 3.8) is 0 Å². The van der Waals surface area contributed by atoms with Crippen LogP contribution >= 0.6 is 11.3 Å². The van der Waals surface area contributed by atoms with Gasteiger partial charge in [-0.15, -0.1) is 11.3 Å². The largest absolute Gasteiger partial charge is 0.497 e. The summed E-state index contributed by atoms with van der Waals surface area (Å²) in [5, 5.41) is 6.14. The lowest BCUT2D eigenvalue weighted by Crippen LogP contribution is -2.44. The summed E-state index contributed by atoms with van der Waals surface area (Å²) in [5.74, 6) is 6.05. The molecule has 0 saturated carbocycles. The Morgan fingerprint density at radius 3 is 2.88 bits per heavy atom. The Morgan fingerprint density at radius 2 is 2.20 bits per heavy atom. The molecule has 25 heavy (non-hydrogen) atoms. The van der Waals surface area contributed by atoms with Crippen molar-refractivity contribution in [3.8, 4) is 17.6 Å². The summed E-state index contributed by atoms with van der Waals surface area (Å²) >= 11 is 1.67. The highest BCUT2D eigenvalue weighted by molar-refractivity contribution is 7.13. The first-order chi connectivity index (χ1) is 12.1. The van der Waals surface area contributed by atoms with Gasteiger partial charge in [-0.3, -0.25) is 4.79 Å². The number of thiazole rings is 1. The molecule has 1 aliphatic rings. The van der Waals surface area contributed by atoms with E-state index in [1.54, 1.807) is 18.4 Å². The Bertz CT molecular complexity index is 798. The van der Waals surface area contributed by atoms with Crippen molar-refractivity contribution in [2.75, 3.05) is 25.1 Å². The number of piperidine rings is 1. The van der Waals surface area contributed by atoms with E-state index in [-0.39, 0.29) is 11.9 Å². The first-order valence-electron chi connectivity index (χ1n) is 8.27. The van der Waals surface area contributed by atoms with Crippen molar-refractivity contribution >= 4 is 22.4 Å². The van der Waals surface area contributed by atoms with E-state index < -0.39 is 0 Å². The zero-order valence-corrected chi connectivity index (χ0v) is 15.2. The van der Waals surface area contributed by atoms with Gasteiger partial charge in [0.2, 0.25) is 0 Å². The quantitative estimate of drug-likeness (QED) is 0.860. The van der Waals surface area contributed by atoms with Crippen molar-refractivity contribution in [1.29, 1.82) is 0 Å². The third-order valence-electron chi connectivity index (χ3n) is 4.10. The van der Waals surface area contributed by atoms with Crippen molar-refractivity contribution in [2.24, 2.45) is 0 Å². The first-order valence-corrected chi connectivity index (χ1v) is 9.15. The molecule has 130 valence electrons. The molecule has 1 aromatic heterocycles. The third-order valence-corrected chi connectivity index (χ3v) is 5.12. The number of methoxy groups -OCH3 is 1. The predicted molar refractivity (Wildman–Crippen MR) is 100 cm³/mol. The smallest absolute Gasteiger partial charge is 0.296 e. The van der Waals surface area contributed by atoms with Gasteiger partial charge in [0.25, 0.3) is 5.91 Å². The van der Waals surface area contributed by atoms with E-state index in [1.807, 2.05) is 31.2 Å². The maximum Gasteiger partial charge on any atom is 0.296 e. The molecule has 1 saturated heterocycles. The number of ether oxygens (including phenoxy) is 1. The van der Waals surface area contributed by atoms with E-state index in [1.165, 1.54) is 0 Å². The molecule has 1 aliphatic heterocycles. The highest BCUT2D eigenvalue weighted by atomic mass is 32.1. The Balaban J connectivity index is 1.50. The van der Waals surface area contributed by atoms with Gasteiger partial charge in [0.1, 0.15) is 5.75 Å². The second-order valence-electron chi connectivity index (χ2n) is 5.99. The summed E-state index contributed by atoms with van der Waals surface area (Å²) in [6.45, 7) is 3.82. The normalized spacial score (nSPS) is 14.6. The van der Waals surface area contributed by atoms with Gasteiger partial charge in [-0.25, -0.2) is 4.98 Å². The molecular formula is C19H21N3O2S. The summed E-state index contributed by atoms with van der Waals surface area (Å²) < 4.78 is 5.15. The summed E-state index contributed by atoms with van der Waals surface area (Å²) in [5.41, 5.74) is 1.83. The minimum Gasteiger partial charge on any atom is -0.497 e. The molecule has 1 amide bonds. The average Bonchev–Trinajstić information content (AvgIpc) is 3.07. The zero-order chi connectivity index (χ0) is 17.6. The number of carbonyl (C=O) groups excluding carboxylic acids is 1. The lowest BCUT2D eigenvalue weighted by atomic mass is 10.1. The lowest BCUT2D eigenvalue weighted by molar-refractivity contribution is -0.116. The van der Waals surface area contributed by atoms with Crippen molar-refractivity contribution in [1.82, 2.24) is 10.3 Å². The fourth-order valence-corrected chi connectivity index (χ4v) is 3.61. The van der Waals surface area contributed by atoms with Crippen LogP contribution < -0.4 is 15.0 Å². The van der Waals surface area contributed by atoms with Crippen LogP contribution in [0.4, 0.5) is 5.13 Å². The molecule has 6 heteroatoms. The maximum absolute atomic E-state index is 12.1. The van der Waals surface area contributed by atoms with Crippen LogP contribution in [0, 0.1) is 18.8 Å². The molecule has 0 aliphatic carbocycles. The van der Waals surface area contributed by atoms with Crippen LogP contribution in [-0.4, -0.2) is 37.1 Å². The number of amides is 1. The number of anilines is 1. The third kappa shape index (κ3) is 4.74. The number of nitrogens with one attached hydrogen (secondary N) is 1. The highest BCUT2D eigenvalue weighted by Crippen LogP contribution is 2.23. The molecular weight excluding hydrogens is 334 g/mol. The number of rotatable bonds is 3. The van der Waals surface area contributed by atoms with Gasteiger partial charge in [0.15, 0.2) is 5.13 Å². The molecule has 2 heterocycles. The molecule has 5 nitrogen and oxygen atoms in total. The molecule has 1 fully saturated rings. The average molecular weight is 355 g/mol. The van der Waals surface area contributed by atoms with Crippen LogP contribution in [0.2, 0.25) is 0 Å². The monoisotopic (exact) mass is 355 g/mol. The number of hydrogen-bond donors (Lipinski definition) is 1. The molecule has 0 radical (unpaired) electrons. The second-order valence-corrected chi connectivity index (χ2v) is 6.82. The van der Waals surface area contributed by atoms with Crippen molar-refractivity contribution in [2.45, 2.75) is 25.8 Å². The molecule has 0 atom stereocenters. The van der Waals surface area contributed by atoms with Crippen molar-refractivity contribution < 1.29 is 9.53 Å². The van der Waals surface area contributed by atoms with E-state index in [4.69, 9.17) is 4.74 Å². The Hall–Kier alpha value is -2.52. The lowest BCUT2D eigenvalue weighted by Gasteiger charge is -2.31. The fraction of sp³-hybridized carbons (Fsp3) is 0.368. The van der Waals surface area contributed by atoms with Gasteiger partial charge < -0.3 is 15.0 Å². The number of aryl methyl sites for hydroxylation is 1. The van der Waals surface area contributed by atoms with Crippen LogP contribution in [0.5, 0.6) is 5.75 Å². The predicted octanol–water partition coefficient (Wildman–Crippen LogP) is 2.60. The molecule has 1 aromatic carbocycles. The first kappa shape index (κ1) is 17.3. The van der Waals surface area contributed by atoms with Crippen LogP contribution in [0.25, 0.3) is 0 Å². The fourth-order valence-electron chi connectivity index (χ4n) is 2.75. The molecule has 3 rings (SSSR count). The van der Waals surface area contributed by atoms with Crippen LogP contribution in [0.1, 0.15) is 24.1 Å². The number of carbonyl (C=O) groups is 1. The zero-order valence-electron chi connectivity index (χ0n) is 14.4. The number of benzene rings is 1. The van der Waals surface area contributed by atoms with Gasteiger partial charge in [0, 0.05) is 36.0 Å². The van der Waals surface area contributed by atoms with E-state index >= 15 is 0 Å². The van der Waals surface area contributed by atoms with Crippen LogP contribution in [0.15, 0.2) is 29.6 Å². The van der Waals surface area contributed by atoms with Gasteiger partial charge >= 0.3 is 0 Å². The summed E-state index contributed by atoms with van der Waals surface area (Å²) in [4.78, 5) is 18.9. The topological polar surface area (TPSA) is 54.5 Å². The molecule has 2 aromatic rings. The van der Waals surface area contributed by atoms with Gasteiger partial charge in [0.05, 0.1) is 12.8 Å². The summed E-state index contributed by atoms with van der Waals surface area (Å²) in [6.07, 6.45) is 1.82. The maximum atomic E-state index is 12.1. The van der Waals surface area contributed by atoms with Crippen molar-refractivity contribution in [3.05, 3.63) is 40.9 Å². The Kier molecular flexibility index (Phi) is 5.56. The standard InChI is InChI=1S/C19H21N3O2S/c1-14-13-25-19(20-14)22-10-8-16(9-11-22)21-18(23)7-6-15-4-3-5-17(12-15)24-2/h3-5,12-13,16H,8-11H2,1-2H3,(H,21,23). The van der Waals surface area contributed by atoms with Gasteiger partial charge in [-0.05, 0) is 38.0 Å². The molecule has 0 bridgehead atoms. The minimum atomic E-state index is -0.230. The number of nitrogens with zero attached hydrogens (tertiary/aromatic N) is 2. The number of aromatic nitrogens is 1. The molecule has 1 N–H and O–H groups in total. The van der Waals surface area contributed by atoms with Gasteiger partial charge in [-0.2, -0.15) is 0 Å². The van der Waals surface area contributed by atoms with Crippen LogP contribution in [-0.2, 0) is 4.79 Å².